The Morgan fingerprint density at radius 2 is 2.07 bits per heavy atom. The first-order chi connectivity index (χ1) is 13.8. The van der Waals surface area contributed by atoms with Gasteiger partial charge in [0.05, 0.1) is 17.4 Å². The maximum absolute atomic E-state index is 5.74. The zero-order valence-electron chi connectivity index (χ0n) is 15.6. The van der Waals surface area contributed by atoms with Crippen molar-refractivity contribution in [3.05, 3.63) is 48.4 Å². The second-order valence-corrected chi connectivity index (χ2v) is 7.88. The Kier molecular flexibility index (Phi) is 3.62. The number of nitrogens with zero attached hydrogens (tertiary/aromatic N) is 5. The lowest BCUT2D eigenvalue weighted by Crippen LogP contribution is -2.40. The van der Waals surface area contributed by atoms with Gasteiger partial charge in [-0.25, -0.2) is 14.6 Å². The van der Waals surface area contributed by atoms with Crippen molar-refractivity contribution in [2.24, 2.45) is 11.8 Å². The molecule has 3 aliphatic rings. The number of hydrogen-bond acceptors (Lipinski definition) is 6. The molecule has 7 nitrogen and oxygen atoms in total. The fourth-order valence-electron chi connectivity index (χ4n) is 4.65. The smallest absolute Gasteiger partial charge is 0.223 e. The van der Waals surface area contributed by atoms with E-state index in [0.717, 1.165) is 59.8 Å². The summed E-state index contributed by atoms with van der Waals surface area (Å²) < 4.78 is 7.63. The first kappa shape index (κ1) is 16.1. The van der Waals surface area contributed by atoms with E-state index in [1.807, 2.05) is 29.2 Å². The van der Waals surface area contributed by atoms with E-state index in [-0.39, 0.29) is 0 Å². The van der Waals surface area contributed by atoms with Crippen molar-refractivity contribution in [3.63, 3.8) is 0 Å². The largest absolute Gasteiger partial charge is 0.472 e. The predicted molar refractivity (Wildman–Crippen MR) is 106 cm³/mol. The summed E-state index contributed by atoms with van der Waals surface area (Å²) in [6.07, 6.45) is 6.93. The minimum absolute atomic E-state index is 0.495. The van der Waals surface area contributed by atoms with Gasteiger partial charge < -0.3 is 15.0 Å². The van der Waals surface area contributed by atoms with E-state index in [2.05, 4.69) is 27.3 Å². The number of pyridine rings is 2. The second-order valence-electron chi connectivity index (χ2n) is 7.88. The van der Waals surface area contributed by atoms with Crippen molar-refractivity contribution < 1.29 is 4.74 Å². The van der Waals surface area contributed by atoms with Crippen LogP contribution in [0.2, 0.25) is 0 Å². The van der Waals surface area contributed by atoms with Gasteiger partial charge in [-0.2, -0.15) is 5.10 Å². The van der Waals surface area contributed by atoms with E-state index < -0.39 is 0 Å². The van der Waals surface area contributed by atoms with Crippen LogP contribution in [-0.4, -0.2) is 45.9 Å². The van der Waals surface area contributed by atoms with Crippen LogP contribution in [0.25, 0.3) is 16.9 Å². The molecule has 3 aliphatic heterocycles. The molecule has 142 valence electrons. The van der Waals surface area contributed by atoms with Crippen LogP contribution in [0.1, 0.15) is 12.0 Å². The van der Waals surface area contributed by atoms with Gasteiger partial charge in [0.1, 0.15) is 18.1 Å². The van der Waals surface area contributed by atoms with Crippen LogP contribution in [0.4, 0.5) is 5.82 Å². The van der Waals surface area contributed by atoms with Crippen molar-refractivity contribution in [1.82, 2.24) is 25.1 Å². The fraction of sp³-hybridized carbons (Fsp3) is 0.381. The first-order valence-electron chi connectivity index (χ1n) is 9.94. The molecule has 2 fully saturated rings. The maximum Gasteiger partial charge on any atom is 0.223 e. The molecule has 6 rings (SSSR count). The van der Waals surface area contributed by atoms with E-state index in [1.54, 1.807) is 6.20 Å². The molecule has 7 heteroatoms. The Morgan fingerprint density at radius 3 is 3.00 bits per heavy atom. The van der Waals surface area contributed by atoms with E-state index in [9.17, 15) is 0 Å². The third-order valence-electron chi connectivity index (χ3n) is 6.21. The van der Waals surface area contributed by atoms with Crippen molar-refractivity contribution in [2.45, 2.75) is 13.0 Å². The molecule has 0 aromatic carbocycles. The summed E-state index contributed by atoms with van der Waals surface area (Å²) in [4.78, 5) is 11.5. The molecule has 3 aromatic rings. The summed E-state index contributed by atoms with van der Waals surface area (Å²) in [5.41, 5.74) is 3.91. The van der Waals surface area contributed by atoms with Crippen molar-refractivity contribution in [3.8, 4) is 22.8 Å². The first-order valence-corrected chi connectivity index (χ1v) is 9.94. The molecule has 2 unspecified atom stereocenters. The summed E-state index contributed by atoms with van der Waals surface area (Å²) in [5.74, 6) is 3.30. The zero-order valence-corrected chi connectivity index (χ0v) is 15.6. The molecule has 2 atom stereocenters. The summed E-state index contributed by atoms with van der Waals surface area (Å²) in [5, 5.41) is 8.31. The van der Waals surface area contributed by atoms with Crippen molar-refractivity contribution in [2.75, 3.05) is 31.1 Å². The van der Waals surface area contributed by atoms with Gasteiger partial charge in [0.25, 0.3) is 0 Å². The van der Waals surface area contributed by atoms with Gasteiger partial charge in [-0.15, -0.1) is 0 Å². The number of anilines is 1. The van der Waals surface area contributed by atoms with E-state index in [1.165, 1.54) is 13.0 Å². The highest BCUT2D eigenvalue weighted by atomic mass is 16.5. The van der Waals surface area contributed by atoms with Crippen LogP contribution in [-0.2, 0) is 6.61 Å². The number of rotatable bonds is 2. The summed E-state index contributed by atoms with van der Waals surface area (Å²) in [6.45, 7) is 5.00. The minimum Gasteiger partial charge on any atom is -0.472 e. The maximum atomic E-state index is 5.74. The Labute approximate surface area is 163 Å². The second kappa shape index (κ2) is 6.31. The van der Waals surface area contributed by atoms with Crippen molar-refractivity contribution in [1.29, 1.82) is 0 Å². The minimum atomic E-state index is 0.495. The molecule has 0 amide bonds. The van der Waals surface area contributed by atoms with Gasteiger partial charge in [-0.05, 0) is 55.6 Å². The highest BCUT2D eigenvalue weighted by Gasteiger charge is 2.33. The van der Waals surface area contributed by atoms with Crippen LogP contribution in [0.3, 0.4) is 0 Å². The van der Waals surface area contributed by atoms with Crippen LogP contribution in [0.5, 0.6) is 5.88 Å². The monoisotopic (exact) mass is 374 g/mol. The zero-order chi connectivity index (χ0) is 18.5. The number of aromatic nitrogens is 4. The molecule has 0 aliphatic carbocycles. The third-order valence-corrected chi connectivity index (χ3v) is 6.21. The quantitative estimate of drug-likeness (QED) is 0.742. The Morgan fingerprint density at radius 1 is 1.11 bits per heavy atom. The highest BCUT2D eigenvalue weighted by molar-refractivity contribution is 5.69. The molecule has 0 saturated carbocycles. The third kappa shape index (κ3) is 2.57. The number of piperidine rings is 1. The van der Waals surface area contributed by atoms with Gasteiger partial charge in [0, 0.05) is 31.0 Å². The van der Waals surface area contributed by atoms with Gasteiger partial charge in [0.2, 0.25) is 5.88 Å². The fourth-order valence-corrected chi connectivity index (χ4v) is 4.65. The Bertz CT molecular complexity index is 1010. The highest BCUT2D eigenvalue weighted by Crippen LogP contribution is 2.35. The lowest BCUT2D eigenvalue weighted by molar-refractivity contribution is 0.290. The Balaban J connectivity index is 1.26. The van der Waals surface area contributed by atoms with Crippen LogP contribution < -0.4 is 15.0 Å². The predicted octanol–water partition coefficient (Wildman–Crippen LogP) is 2.27. The molecule has 2 saturated heterocycles. The summed E-state index contributed by atoms with van der Waals surface area (Å²) >= 11 is 0. The van der Waals surface area contributed by atoms with Gasteiger partial charge in [0.15, 0.2) is 0 Å². The topological polar surface area (TPSA) is 68.1 Å². The average Bonchev–Trinajstić information content (AvgIpc) is 3.40. The standard InChI is InChI=1S/C21H22N6O/c1-2-18-20-16(13-28-21(18)23-6-1)12-27(25-20)17-3-4-19(24-10-17)26-7-5-14-8-22-9-15(14)11-26/h1-4,6,10,12,14-15,22H,5,7-9,11,13H2. The van der Waals surface area contributed by atoms with Crippen molar-refractivity contribution >= 4 is 5.82 Å². The van der Waals surface area contributed by atoms with E-state index >= 15 is 0 Å². The number of ether oxygens (including phenoxy) is 1. The molecule has 0 bridgehead atoms. The van der Waals surface area contributed by atoms with Crippen LogP contribution in [0, 0.1) is 11.8 Å². The summed E-state index contributed by atoms with van der Waals surface area (Å²) in [7, 11) is 0. The lowest BCUT2D eigenvalue weighted by Gasteiger charge is -2.35. The number of hydrogen-bond donors (Lipinski definition) is 1. The van der Waals surface area contributed by atoms with E-state index in [4.69, 9.17) is 14.8 Å². The SMILES string of the molecule is c1cnc2c(c1)-c1nn(-c3ccc(N4CCC5CNCC5C4)nc3)cc1CO2. The molecule has 0 radical (unpaired) electrons. The van der Waals surface area contributed by atoms with E-state index in [0.29, 0.717) is 12.5 Å². The molecule has 0 spiro atoms. The molecule has 1 N–H and O–H groups in total. The Hall–Kier alpha value is -2.93. The molecular weight excluding hydrogens is 352 g/mol. The number of nitrogens with one attached hydrogen (secondary N) is 1. The van der Waals surface area contributed by atoms with Gasteiger partial charge in [-0.3, -0.25) is 0 Å². The summed E-state index contributed by atoms with van der Waals surface area (Å²) in [6, 6.07) is 8.13. The molecule has 3 aromatic heterocycles. The van der Waals surface area contributed by atoms with Crippen LogP contribution >= 0.6 is 0 Å². The molecule has 28 heavy (non-hydrogen) atoms. The molecule has 6 heterocycles. The average molecular weight is 374 g/mol. The van der Waals surface area contributed by atoms with Gasteiger partial charge in [-0.1, -0.05) is 0 Å². The normalized spacial score (nSPS) is 22.9. The lowest BCUT2D eigenvalue weighted by atomic mass is 9.89. The van der Waals surface area contributed by atoms with Crippen LogP contribution in [0.15, 0.2) is 42.9 Å². The molecular formula is C21H22N6O. The number of fused-ring (bicyclic) bond motifs is 4. The van der Waals surface area contributed by atoms with Gasteiger partial charge >= 0.3 is 0 Å².